The summed E-state index contributed by atoms with van der Waals surface area (Å²) in [7, 11) is 0. The molecule has 3 heterocycles. The molecular weight excluding hydrogens is 316 g/mol. The van der Waals surface area contributed by atoms with Crippen molar-refractivity contribution in [2.75, 3.05) is 0 Å². The number of pyridine rings is 1. The number of piperidine rings is 1. The molecule has 2 aliphatic rings. The van der Waals surface area contributed by atoms with E-state index in [-0.39, 0.29) is 0 Å². The maximum absolute atomic E-state index is 4.54. The number of rotatable bonds is 3. The van der Waals surface area contributed by atoms with Gasteiger partial charge < -0.3 is 0 Å². The SMILES string of the molecule is C1=C(c2cccc3ncccc23)CC2CCCC1N2Cc1ccccc1. The minimum absolute atomic E-state index is 0.560. The van der Waals surface area contributed by atoms with Gasteiger partial charge in [0.15, 0.2) is 0 Å². The number of nitrogens with zero attached hydrogens (tertiary/aromatic N) is 2. The molecule has 2 atom stereocenters. The van der Waals surface area contributed by atoms with Crippen LogP contribution in [-0.4, -0.2) is 22.0 Å². The van der Waals surface area contributed by atoms with Crippen molar-refractivity contribution < 1.29 is 0 Å². The molecule has 0 amide bonds. The van der Waals surface area contributed by atoms with Gasteiger partial charge in [0, 0.05) is 30.2 Å². The highest BCUT2D eigenvalue weighted by molar-refractivity contribution is 5.92. The Kier molecular flexibility index (Phi) is 4.06. The minimum atomic E-state index is 0.560. The molecule has 0 radical (unpaired) electrons. The van der Waals surface area contributed by atoms with Crippen molar-refractivity contribution in [3.05, 3.63) is 84.1 Å². The lowest BCUT2D eigenvalue weighted by molar-refractivity contribution is 0.0951. The van der Waals surface area contributed by atoms with Crippen LogP contribution in [-0.2, 0) is 6.54 Å². The predicted octanol–water partition coefficient (Wildman–Crippen LogP) is 5.45. The third kappa shape index (κ3) is 2.85. The van der Waals surface area contributed by atoms with Crippen LogP contribution in [0.3, 0.4) is 0 Å². The highest BCUT2D eigenvalue weighted by Gasteiger charge is 2.34. The first-order valence-corrected chi connectivity index (χ1v) is 9.73. The number of hydrogen-bond donors (Lipinski definition) is 0. The van der Waals surface area contributed by atoms with Gasteiger partial charge in [0.05, 0.1) is 5.52 Å². The highest BCUT2D eigenvalue weighted by atomic mass is 15.2. The van der Waals surface area contributed by atoms with Crippen LogP contribution in [0.4, 0.5) is 0 Å². The standard InChI is InChI=1S/C24H24N2/c1-2-7-18(8-3-1)17-26-20-9-4-10-21(26)16-19(15-20)22-11-5-13-24-23(22)12-6-14-25-24/h1-3,5-8,11-15,20-21H,4,9-10,16-17H2. The largest absolute Gasteiger partial charge is 0.289 e. The zero-order valence-electron chi connectivity index (χ0n) is 15.0. The summed E-state index contributed by atoms with van der Waals surface area (Å²) in [5, 5.41) is 1.29. The average molecular weight is 340 g/mol. The minimum Gasteiger partial charge on any atom is -0.289 e. The van der Waals surface area contributed by atoms with Crippen LogP contribution >= 0.6 is 0 Å². The van der Waals surface area contributed by atoms with Gasteiger partial charge in [-0.15, -0.1) is 0 Å². The number of benzene rings is 2. The molecule has 2 bridgehead atoms. The van der Waals surface area contributed by atoms with Crippen molar-refractivity contribution in [3.8, 4) is 0 Å². The average Bonchev–Trinajstić information content (AvgIpc) is 2.68. The van der Waals surface area contributed by atoms with Crippen molar-refractivity contribution in [2.45, 2.75) is 44.3 Å². The van der Waals surface area contributed by atoms with E-state index in [0.29, 0.717) is 12.1 Å². The topological polar surface area (TPSA) is 16.1 Å². The van der Waals surface area contributed by atoms with Gasteiger partial charge in [0.1, 0.15) is 0 Å². The molecule has 1 fully saturated rings. The molecule has 5 rings (SSSR count). The van der Waals surface area contributed by atoms with Gasteiger partial charge in [0.2, 0.25) is 0 Å². The fourth-order valence-corrected chi connectivity index (χ4v) is 4.74. The van der Waals surface area contributed by atoms with Crippen LogP contribution in [0.15, 0.2) is 72.9 Å². The fourth-order valence-electron chi connectivity index (χ4n) is 4.74. The number of aromatic nitrogens is 1. The quantitative estimate of drug-likeness (QED) is 0.630. The molecule has 2 unspecified atom stereocenters. The van der Waals surface area contributed by atoms with Gasteiger partial charge in [-0.2, -0.15) is 0 Å². The van der Waals surface area contributed by atoms with Gasteiger partial charge in [-0.05, 0) is 48.1 Å². The molecule has 0 spiro atoms. The molecule has 0 aliphatic carbocycles. The lowest BCUT2D eigenvalue weighted by Crippen LogP contribution is -2.47. The molecule has 26 heavy (non-hydrogen) atoms. The second-order valence-corrected chi connectivity index (χ2v) is 7.58. The molecule has 0 saturated carbocycles. The van der Waals surface area contributed by atoms with Crippen molar-refractivity contribution in [2.24, 2.45) is 0 Å². The Morgan fingerprint density at radius 2 is 1.85 bits per heavy atom. The van der Waals surface area contributed by atoms with Crippen molar-refractivity contribution in [3.63, 3.8) is 0 Å². The molecule has 130 valence electrons. The van der Waals surface area contributed by atoms with Crippen LogP contribution < -0.4 is 0 Å². The molecule has 1 saturated heterocycles. The number of hydrogen-bond acceptors (Lipinski definition) is 2. The Hall–Kier alpha value is -2.45. The maximum Gasteiger partial charge on any atom is 0.0708 e. The van der Waals surface area contributed by atoms with Crippen LogP contribution in [0.2, 0.25) is 0 Å². The van der Waals surface area contributed by atoms with Gasteiger partial charge in [-0.1, -0.05) is 61.0 Å². The summed E-state index contributed by atoms with van der Waals surface area (Å²) in [6.45, 7) is 1.07. The van der Waals surface area contributed by atoms with Gasteiger partial charge in [0.25, 0.3) is 0 Å². The first kappa shape index (κ1) is 15.8. The summed E-state index contributed by atoms with van der Waals surface area (Å²) in [5.41, 5.74) is 5.42. The second-order valence-electron chi connectivity index (χ2n) is 7.58. The second kappa shape index (κ2) is 6.69. The summed E-state index contributed by atoms with van der Waals surface area (Å²) in [6, 6.07) is 22.9. The van der Waals surface area contributed by atoms with Crippen LogP contribution in [0.5, 0.6) is 0 Å². The van der Waals surface area contributed by atoms with E-state index < -0.39 is 0 Å². The van der Waals surface area contributed by atoms with Crippen LogP contribution in [0.25, 0.3) is 16.5 Å². The summed E-state index contributed by atoms with van der Waals surface area (Å²) >= 11 is 0. The van der Waals surface area contributed by atoms with E-state index in [1.807, 2.05) is 6.20 Å². The monoisotopic (exact) mass is 340 g/mol. The van der Waals surface area contributed by atoms with E-state index in [1.54, 1.807) is 0 Å². The van der Waals surface area contributed by atoms with Crippen LogP contribution in [0.1, 0.15) is 36.8 Å². The van der Waals surface area contributed by atoms with Crippen molar-refractivity contribution in [1.82, 2.24) is 9.88 Å². The van der Waals surface area contributed by atoms with Gasteiger partial charge >= 0.3 is 0 Å². The molecule has 1 aromatic heterocycles. The summed E-state index contributed by atoms with van der Waals surface area (Å²) in [4.78, 5) is 7.27. The van der Waals surface area contributed by atoms with E-state index in [4.69, 9.17) is 0 Å². The van der Waals surface area contributed by atoms with E-state index in [9.17, 15) is 0 Å². The van der Waals surface area contributed by atoms with Crippen molar-refractivity contribution >= 4 is 16.5 Å². The summed E-state index contributed by atoms with van der Waals surface area (Å²) in [5.74, 6) is 0. The maximum atomic E-state index is 4.54. The zero-order chi connectivity index (χ0) is 17.3. The summed E-state index contributed by atoms with van der Waals surface area (Å²) in [6.07, 6.45) is 9.51. The van der Waals surface area contributed by atoms with E-state index in [0.717, 1.165) is 18.5 Å². The third-order valence-corrected chi connectivity index (χ3v) is 5.98. The molecule has 2 heteroatoms. The van der Waals surface area contributed by atoms with Gasteiger partial charge in [-0.25, -0.2) is 0 Å². The summed E-state index contributed by atoms with van der Waals surface area (Å²) < 4.78 is 0. The molecule has 2 nitrogen and oxygen atoms in total. The van der Waals surface area contributed by atoms with E-state index >= 15 is 0 Å². The Bertz CT molecular complexity index is 939. The molecule has 3 aromatic rings. The highest BCUT2D eigenvalue weighted by Crippen LogP contribution is 2.39. The Balaban J connectivity index is 1.50. The predicted molar refractivity (Wildman–Crippen MR) is 108 cm³/mol. The third-order valence-electron chi connectivity index (χ3n) is 5.98. The Morgan fingerprint density at radius 3 is 2.73 bits per heavy atom. The molecule has 0 N–H and O–H groups in total. The molecular formula is C24H24N2. The molecule has 2 aliphatic heterocycles. The smallest absolute Gasteiger partial charge is 0.0708 e. The Labute approximate surface area is 155 Å². The fraction of sp³-hybridized carbons (Fsp3) is 0.292. The lowest BCUT2D eigenvalue weighted by Gasteiger charge is -2.45. The van der Waals surface area contributed by atoms with E-state index in [2.05, 4.69) is 76.6 Å². The van der Waals surface area contributed by atoms with Crippen LogP contribution in [0, 0.1) is 0 Å². The first-order valence-electron chi connectivity index (χ1n) is 9.73. The Morgan fingerprint density at radius 1 is 0.923 bits per heavy atom. The number of fused-ring (bicyclic) bond motifs is 3. The lowest BCUT2D eigenvalue weighted by atomic mass is 9.82. The zero-order valence-corrected chi connectivity index (χ0v) is 15.0. The normalized spacial score (nSPS) is 23.0. The molecule has 2 aromatic carbocycles. The van der Waals surface area contributed by atoms with Gasteiger partial charge in [-0.3, -0.25) is 9.88 Å². The first-order chi connectivity index (χ1) is 12.9. The van der Waals surface area contributed by atoms with Crippen molar-refractivity contribution in [1.29, 1.82) is 0 Å². The van der Waals surface area contributed by atoms with E-state index in [1.165, 1.54) is 41.3 Å².